The Labute approximate surface area is 554 Å². The topological polar surface area (TPSA) is 575 Å². The summed E-state index contributed by atoms with van der Waals surface area (Å²) in [7, 11) is -10.4. The van der Waals surface area contributed by atoms with Crippen LogP contribution < -0.4 is 30.7 Å². The molecule has 4 amide bonds. The fourth-order valence-electron chi connectivity index (χ4n) is 10.3. The average Bonchev–Trinajstić information content (AvgIpc) is 1.24. The number of nitrogens with zero attached hydrogens (tertiary/aromatic N) is 2. The summed E-state index contributed by atoms with van der Waals surface area (Å²) in [6, 6.07) is -3.38. The van der Waals surface area contributed by atoms with Gasteiger partial charge in [0.15, 0.2) is 42.6 Å². The van der Waals surface area contributed by atoms with E-state index in [4.69, 9.17) is 71.6 Å². The highest BCUT2D eigenvalue weighted by Crippen LogP contribution is 2.43. The molecule has 0 bridgehead atoms. The molecule has 2 aromatic heterocycles. The minimum Gasteiger partial charge on any atom is -0.422 e. The van der Waals surface area contributed by atoms with Gasteiger partial charge in [0.25, 0.3) is 11.8 Å². The molecule has 0 spiro atoms. The molecule has 6 aliphatic heterocycles. The number of ether oxygens (including phenoxy) is 9. The van der Waals surface area contributed by atoms with Gasteiger partial charge in [-0.3, -0.25) is 38.2 Å². The monoisotopic (exact) mass is 1460 g/mol. The maximum Gasteiger partial charge on any atom is 0.469 e. The number of thioether (sulfide) groups is 2. The highest BCUT2D eigenvalue weighted by Gasteiger charge is 2.58. The van der Waals surface area contributed by atoms with Crippen LogP contribution >= 0.6 is 63.6 Å². The van der Waals surface area contributed by atoms with Crippen LogP contribution in [0.25, 0.3) is 12.2 Å². The Morgan fingerprint density at radius 1 is 0.589 bits per heavy atom. The van der Waals surface area contributed by atoms with Crippen LogP contribution in [-0.2, 0) is 93.3 Å². The Balaban J connectivity index is 1.16. The fourth-order valence-corrected chi connectivity index (χ4v) is 13.0. The molecular weight excluding hydrogens is 1400 g/mol. The fraction of sp³-hybridized carbons (Fsp3) is 0.569. The first kappa shape index (κ1) is 75.8. The molecule has 20 atom stereocenters. The number of carbonyl (C=O) groups excluding carboxylic acids is 6. The van der Waals surface area contributed by atoms with Gasteiger partial charge in [-0.15, -0.1) is 0 Å². The van der Waals surface area contributed by atoms with Gasteiger partial charge < -0.3 is 129 Å². The number of hydrogen-bond donors (Lipinski definition) is 17. The predicted molar refractivity (Wildman–Crippen MR) is 322 cm³/mol. The third-order valence-electron chi connectivity index (χ3n) is 14.9. The minimum absolute atomic E-state index is 0.00440. The van der Waals surface area contributed by atoms with Crippen molar-refractivity contribution in [1.82, 2.24) is 31.2 Å². The predicted octanol–water partition coefficient (Wildman–Crippen LogP) is -5.56. The van der Waals surface area contributed by atoms with Crippen LogP contribution in [0.4, 0.5) is 0 Å². The molecule has 44 heteroatoms. The van der Waals surface area contributed by atoms with Gasteiger partial charge in [0.05, 0.1) is 59.8 Å². The summed E-state index contributed by atoms with van der Waals surface area (Å²) in [4.78, 5) is 127. The van der Waals surface area contributed by atoms with Crippen molar-refractivity contribution >= 4 is 120 Å². The summed E-state index contributed by atoms with van der Waals surface area (Å²) in [5.74, 6) is -7.62. The van der Waals surface area contributed by atoms with Crippen molar-refractivity contribution in [3.8, 4) is 11.5 Å². The van der Waals surface area contributed by atoms with Crippen molar-refractivity contribution in [1.29, 1.82) is 0 Å². The van der Waals surface area contributed by atoms with E-state index in [-0.39, 0.29) is 52.1 Å². The van der Waals surface area contributed by atoms with Gasteiger partial charge in [-0.05, 0) is 32.9 Å². The summed E-state index contributed by atoms with van der Waals surface area (Å²) in [6.07, 6.45) is -34.7. The van der Waals surface area contributed by atoms with Gasteiger partial charge in [-0.2, -0.15) is 0 Å². The van der Waals surface area contributed by atoms with Crippen LogP contribution in [0.1, 0.15) is 54.4 Å². The number of thiocarbonyl (C=S) groups is 2. The van der Waals surface area contributed by atoms with Gasteiger partial charge in [0.1, 0.15) is 87.9 Å². The molecule has 0 radical (unpaired) electrons. The lowest BCUT2D eigenvalue weighted by Gasteiger charge is -2.50. The summed E-state index contributed by atoms with van der Waals surface area (Å²) in [5.41, 5.74) is -1.32. The maximum atomic E-state index is 15.1. The Kier molecular flexibility index (Phi) is 25.1. The van der Waals surface area contributed by atoms with E-state index >= 15 is 4.79 Å². The minimum atomic E-state index is -5.26. The Bertz CT molecular complexity index is 3480. The lowest BCUT2D eigenvalue weighted by atomic mass is 9.92. The zero-order chi connectivity index (χ0) is 70.0. The largest absolute Gasteiger partial charge is 0.469 e. The number of hydrogen-bond acceptors (Lipinski definition) is 34. The summed E-state index contributed by atoms with van der Waals surface area (Å²) in [6.45, 7) is 2.08. The second kappa shape index (κ2) is 31.5. The molecule has 0 aliphatic carbocycles. The van der Waals surface area contributed by atoms with E-state index in [1.165, 1.54) is 20.8 Å². The molecule has 20 unspecified atom stereocenters. The number of nitrogens with one attached hydrogen (secondary N) is 4. The third-order valence-corrected chi connectivity index (χ3v) is 18.1. The van der Waals surface area contributed by atoms with Crippen LogP contribution in [0.5, 0.6) is 11.5 Å². The number of amides is 4. The second-order valence-electron chi connectivity index (χ2n) is 21.6. The number of esters is 2. The molecule has 524 valence electrons. The molecule has 0 aromatic carbocycles. The van der Waals surface area contributed by atoms with Crippen molar-refractivity contribution in [3.63, 3.8) is 0 Å². The molecule has 0 saturated carbocycles. The average molecular weight is 1460 g/mol. The van der Waals surface area contributed by atoms with E-state index in [0.29, 0.717) is 0 Å². The molecule has 95 heavy (non-hydrogen) atoms. The van der Waals surface area contributed by atoms with Crippen molar-refractivity contribution in [2.45, 2.75) is 170 Å². The molecule has 8 rings (SSSR count). The zero-order valence-electron chi connectivity index (χ0n) is 49.7. The molecule has 38 nitrogen and oxygen atoms in total. The highest BCUT2D eigenvalue weighted by atomic mass is 32.2. The number of phosphoric ester groups is 2. The highest BCUT2D eigenvalue weighted by molar-refractivity contribution is 8.27. The van der Waals surface area contributed by atoms with E-state index < -0.39 is 212 Å². The van der Waals surface area contributed by atoms with Crippen LogP contribution in [-0.4, -0.2) is 255 Å². The lowest BCUT2D eigenvalue weighted by Crippen LogP contribution is -2.70. The number of pyridine rings is 2. The lowest BCUT2D eigenvalue weighted by molar-refractivity contribution is -0.366. The van der Waals surface area contributed by atoms with E-state index in [2.05, 4.69) is 35.8 Å². The molecule has 8 heterocycles. The zero-order valence-corrected chi connectivity index (χ0v) is 54.7. The van der Waals surface area contributed by atoms with E-state index in [9.17, 15) is 98.6 Å². The van der Waals surface area contributed by atoms with Gasteiger partial charge in [0, 0.05) is 48.5 Å². The van der Waals surface area contributed by atoms with Gasteiger partial charge in [-0.25, -0.2) is 18.7 Å². The first-order valence-electron chi connectivity index (χ1n) is 27.9. The summed E-state index contributed by atoms with van der Waals surface area (Å²) >= 11 is 11.7. The van der Waals surface area contributed by atoms with Crippen LogP contribution in [0.3, 0.4) is 0 Å². The van der Waals surface area contributed by atoms with Crippen molar-refractivity contribution < 1.29 is 155 Å². The number of carbonyl (C=O) groups is 6. The Hall–Kier alpha value is -4.94. The van der Waals surface area contributed by atoms with E-state index in [1.807, 2.05) is 0 Å². The number of aromatic nitrogens is 2. The van der Waals surface area contributed by atoms with Crippen LogP contribution in [0, 0.1) is 13.8 Å². The normalized spacial score (nSPS) is 33.8. The van der Waals surface area contributed by atoms with E-state index in [0.717, 1.165) is 61.9 Å². The molecule has 2 aromatic rings. The molecule has 17 N–H and O–H groups in total. The second-order valence-corrected chi connectivity index (χ2v) is 27.5. The first-order valence-corrected chi connectivity index (χ1v) is 33.4. The van der Waals surface area contributed by atoms with Crippen LogP contribution in [0.2, 0.25) is 0 Å². The number of aliphatic hydroxyl groups is 9. The molecular formula is C51H64N6O32P2S4. The van der Waals surface area contributed by atoms with Crippen LogP contribution in [0.15, 0.2) is 22.2 Å². The number of aliphatic hydroxyl groups excluding tert-OH is 9. The molecule has 6 saturated heterocycles. The quantitative estimate of drug-likeness (QED) is 0.0226. The SMILES string of the molecule is CC(=O)NC1C(C)OC(CO)C(O)C1OC1OC(C(=O)Oc2c(C)ncc(COP(=O)(O)O)c2/C=C2\SC(=S)NC2=O)C(OC2OC(CO)C(O)C(OC3OC(C(=O)Oc4c(C)ncc(COP(=O)(O)O)c4/C=C4\SC(=S)NC4=O)C(O)C(O)C3O)C2NC(C)=O)C(O)C1O. The standard InChI is InChI=1S/C51H64N6O32P2S4/c1-14-36(21(6-25-43(69)56-50(92)94-25)19(8-52-14)12-79-90(73,74)75)83-45(71)41-32(65)31(64)34(67)48(88-41)86-39-28(55-18(5)61)47(82-24(11-59)30(39)63)87-40-33(66)35(68)49(85-38-27(54-17(4)60)16(3)81-23(10-58)29(38)62)89-42(40)46(72)84-37-15(2)53-9-20(13-80-91(76,77)78)22(37)7-26-44(70)57-51(93)95-26/h6-9,16,23-24,27-35,38-42,47-49,58-59,62-68H,10-13H2,1-5H3,(H,54,60)(H,55,61)(H,56,69,92)(H,57,70,93)(H2,73,74,75)(H2,76,77,78)/b25-6-,26-7-. The van der Waals surface area contributed by atoms with Crippen molar-refractivity contribution in [3.05, 3.63) is 55.8 Å². The summed E-state index contributed by atoms with van der Waals surface area (Å²) in [5, 5.41) is 112. The Morgan fingerprint density at radius 3 is 1.43 bits per heavy atom. The van der Waals surface area contributed by atoms with E-state index in [1.54, 1.807) is 0 Å². The maximum absolute atomic E-state index is 15.1. The summed E-state index contributed by atoms with van der Waals surface area (Å²) < 4.78 is 86.3. The molecule has 6 fully saturated rings. The van der Waals surface area contributed by atoms with Gasteiger partial charge in [0.2, 0.25) is 11.8 Å². The number of rotatable bonds is 22. The smallest absolute Gasteiger partial charge is 0.422 e. The van der Waals surface area contributed by atoms with Gasteiger partial charge >= 0.3 is 27.6 Å². The van der Waals surface area contributed by atoms with Crippen molar-refractivity contribution in [2.75, 3.05) is 13.2 Å². The number of phosphoric acid groups is 2. The van der Waals surface area contributed by atoms with Crippen molar-refractivity contribution in [2.24, 2.45) is 0 Å². The van der Waals surface area contributed by atoms with Gasteiger partial charge in [-0.1, -0.05) is 48.0 Å². The first-order chi connectivity index (χ1) is 44.5. The molecule has 6 aliphatic rings. The Morgan fingerprint density at radius 2 is 1.00 bits per heavy atom. The number of aryl methyl sites for hydroxylation is 2. The third kappa shape index (κ3) is 18.1.